The average Bonchev–Trinajstić information content (AvgIpc) is 2.01. The highest BCUT2D eigenvalue weighted by Crippen LogP contribution is 2.46. The van der Waals surface area contributed by atoms with Gasteiger partial charge in [-0.1, -0.05) is 20.8 Å². The number of isocyanates is 1. The summed E-state index contributed by atoms with van der Waals surface area (Å²) >= 11 is 0. The van der Waals surface area contributed by atoms with E-state index in [0.29, 0.717) is 6.54 Å². The molecule has 3 heteroatoms. The van der Waals surface area contributed by atoms with Crippen LogP contribution in [0, 0.1) is 10.8 Å². The monoisotopic (exact) mass is 196 g/mol. The van der Waals surface area contributed by atoms with Gasteiger partial charge in [0.2, 0.25) is 6.08 Å². The fourth-order valence-electron chi connectivity index (χ4n) is 2.90. The van der Waals surface area contributed by atoms with Gasteiger partial charge in [0.15, 0.2) is 0 Å². The Morgan fingerprint density at radius 1 is 1.43 bits per heavy atom. The van der Waals surface area contributed by atoms with Gasteiger partial charge in [-0.25, -0.2) is 9.79 Å². The summed E-state index contributed by atoms with van der Waals surface area (Å²) in [5.74, 6) is 0. The minimum Gasteiger partial charge on any atom is -0.330 e. The normalized spacial score (nSPS) is 36.1. The Balaban J connectivity index is 2.81. The zero-order valence-electron chi connectivity index (χ0n) is 9.34. The summed E-state index contributed by atoms with van der Waals surface area (Å²) in [5.41, 5.74) is 6.14. The molecule has 3 nitrogen and oxygen atoms in total. The lowest BCUT2D eigenvalue weighted by atomic mass is 9.63. The van der Waals surface area contributed by atoms with Crippen molar-refractivity contribution in [2.45, 2.75) is 46.1 Å². The van der Waals surface area contributed by atoms with Crippen molar-refractivity contribution in [2.75, 3.05) is 6.54 Å². The van der Waals surface area contributed by atoms with Crippen LogP contribution in [0.4, 0.5) is 0 Å². The van der Waals surface area contributed by atoms with Gasteiger partial charge in [0.1, 0.15) is 0 Å². The third-order valence-electron chi connectivity index (χ3n) is 3.15. The van der Waals surface area contributed by atoms with Gasteiger partial charge in [-0.15, -0.1) is 0 Å². The lowest BCUT2D eigenvalue weighted by molar-refractivity contribution is 0.0911. The van der Waals surface area contributed by atoms with E-state index in [1.807, 2.05) is 0 Å². The highest BCUT2D eigenvalue weighted by Gasteiger charge is 2.40. The molecule has 14 heavy (non-hydrogen) atoms. The zero-order chi connectivity index (χ0) is 10.8. The number of hydrogen-bond acceptors (Lipinski definition) is 3. The van der Waals surface area contributed by atoms with Crippen molar-refractivity contribution in [3.63, 3.8) is 0 Å². The van der Waals surface area contributed by atoms with Gasteiger partial charge in [0.05, 0.1) is 6.04 Å². The largest absolute Gasteiger partial charge is 0.330 e. The zero-order valence-corrected chi connectivity index (χ0v) is 9.34. The first kappa shape index (κ1) is 11.4. The van der Waals surface area contributed by atoms with E-state index in [1.54, 1.807) is 6.08 Å². The summed E-state index contributed by atoms with van der Waals surface area (Å²) in [6.07, 6.45) is 4.67. The third-order valence-corrected chi connectivity index (χ3v) is 3.15. The van der Waals surface area contributed by atoms with Gasteiger partial charge < -0.3 is 5.73 Å². The molecule has 0 aliphatic heterocycles. The molecule has 2 unspecified atom stereocenters. The SMILES string of the molecule is CC1(C)CC(N=C=O)CC(C)(CN)C1. The van der Waals surface area contributed by atoms with Gasteiger partial charge in [0, 0.05) is 0 Å². The van der Waals surface area contributed by atoms with E-state index in [2.05, 4.69) is 25.8 Å². The highest BCUT2D eigenvalue weighted by molar-refractivity contribution is 5.33. The van der Waals surface area contributed by atoms with Gasteiger partial charge in [-0.2, -0.15) is 0 Å². The van der Waals surface area contributed by atoms with Crippen LogP contribution in [0.25, 0.3) is 0 Å². The summed E-state index contributed by atoms with van der Waals surface area (Å²) in [7, 11) is 0. The Morgan fingerprint density at radius 3 is 2.57 bits per heavy atom. The molecule has 0 amide bonds. The van der Waals surface area contributed by atoms with Gasteiger partial charge in [0.25, 0.3) is 0 Å². The van der Waals surface area contributed by atoms with Crippen LogP contribution < -0.4 is 5.73 Å². The Kier molecular flexibility index (Phi) is 3.13. The molecule has 0 spiro atoms. The van der Waals surface area contributed by atoms with Crippen LogP contribution in [-0.2, 0) is 4.79 Å². The van der Waals surface area contributed by atoms with Crippen LogP contribution in [0.2, 0.25) is 0 Å². The number of aliphatic imine (C=N–C) groups is 1. The fourth-order valence-corrected chi connectivity index (χ4v) is 2.90. The minimum absolute atomic E-state index is 0.116. The Labute approximate surface area is 85.8 Å². The predicted molar refractivity (Wildman–Crippen MR) is 56.7 cm³/mol. The summed E-state index contributed by atoms with van der Waals surface area (Å²) in [6, 6.07) is 0.116. The lowest BCUT2D eigenvalue weighted by Gasteiger charge is -2.44. The van der Waals surface area contributed by atoms with Crippen molar-refractivity contribution < 1.29 is 4.79 Å². The lowest BCUT2D eigenvalue weighted by Crippen LogP contribution is -2.41. The van der Waals surface area contributed by atoms with Gasteiger partial charge >= 0.3 is 0 Å². The maximum Gasteiger partial charge on any atom is 0.235 e. The predicted octanol–water partition coefficient (Wildman–Crippen LogP) is 1.87. The number of nitrogens with zero attached hydrogens (tertiary/aromatic N) is 1. The molecule has 1 saturated carbocycles. The molecule has 0 heterocycles. The molecular weight excluding hydrogens is 176 g/mol. The molecule has 1 fully saturated rings. The molecule has 1 rings (SSSR count). The molecule has 0 aromatic rings. The van der Waals surface area contributed by atoms with Crippen molar-refractivity contribution in [1.29, 1.82) is 0 Å². The molecule has 0 aromatic carbocycles. The Bertz CT molecular complexity index is 256. The molecule has 0 aromatic heterocycles. The molecular formula is C11H20N2O. The van der Waals surface area contributed by atoms with Gasteiger partial charge in [-0.3, -0.25) is 0 Å². The van der Waals surface area contributed by atoms with E-state index >= 15 is 0 Å². The van der Waals surface area contributed by atoms with Crippen molar-refractivity contribution in [1.82, 2.24) is 0 Å². The molecule has 2 atom stereocenters. The average molecular weight is 196 g/mol. The first-order valence-electron chi connectivity index (χ1n) is 5.18. The second-order valence-electron chi connectivity index (χ2n) is 5.64. The van der Waals surface area contributed by atoms with Crippen LogP contribution in [-0.4, -0.2) is 18.7 Å². The highest BCUT2D eigenvalue weighted by atomic mass is 16.1. The van der Waals surface area contributed by atoms with Crippen LogP contribution in [0.3, 0.4) is 0 Å². The van der Waals surface area contributed by atoms with E-state index < -0.39 is 0 Å². The number of rotatable bonds is 2. The smallest absolute Gasteiger partial charge is 0.235 e. The second kappa shape index (κ2) is 3.84. The van der Waals surface area contributed by atoms with E-state index in [1.165, 1.54) is 0 Å². The van der Waals surface area contributed by atoms with Crippen molar-refractivity contribution in [3.8, 4) is 0 Å². The second-order valence-corrected chi connectivity index (χ2v) is 5.64. The van der Waals surface area contributed by atoms with Gasteiger partial charge in [-0.05, 0) is 36.6 Å². The summed E-state index contributed by atoms with van der Waals surface area (Å²) < 4.78 is 0. The Morgan fingerprint density at radius 2 is 2.07 bits per heavy atom. The third kappa shape index (κ3) is 2.66. The van der Waals surface area contributed by atoms with Crippen molar-refractivity contribution in [3.05, 3.63) is 0 Å². The van der Waals surface area contributed by atoms with E-state index in [9.17, 15) is 4.79 Å². The molecule has 0 saturated heterocycles. The quantitative estimate of drug-likeness (QED) is 0.541. The van der Waals surface area contributed by atoms with Crippen LogP contribution in [0.5, 0.6) is 0 Å². The Hall–Kier alpha value is -0.660. The van der Waals surface area contributed by atoms with E-state index in [0.717, 1.165) is 19.3 Å². The summed E-state index contributed by atoms with van der Waals surface area (Å²) in [4.78, 5) is 14.1. The van der Waals surface area contributed by atoms with Crippen LogP contribution in [0.1, 0.15) is 40.0 Å². The first-order valence-corrected chi connectivity index (χ1v) is 5.18. The van der Waals surface area contributed by atoms with Crippen molar-refractivity contribution >= 4 is 6.08 Å². The summed E-state index contributed by atoms with van der Waals surface area (Å²) in [6.45, 7) is 7.28. The molecule has 1 aliphatic rings. The molecule has 80 valence electrons. The fraction of sp³-hybridized carbons (Fsp3) is 0.909. The van der Waals surface area contributed by atoms with Crippen LogP contribution >= 0.6 is 0 Å². The number of carbonyl (C=O) groups excluding carboxylic acids is 1. The molecule has 0 bridgehead atoms. The maximum absolute atomic E-state index is 10.3. The van der Waals surface area contributed by atoms with E-state index in [4.69, 9.17) is 5.73 Å². The minimum atomic E-state index is 0.116. The molecule has 0 radical (unpaired) electrons. The standard InChI is InChI=1S/C11H20N2O/c1-10(2)4-9(13-8-14)5-11(3,6-10)7-12/h9H,4-7,12H2,1-3H3. The molecule has 1 aliphatic carbocycles. The number of nitrogens with two attached hydrogens (primary N) is 1. The molecule has 2 N–H and O–H groups in total. The van der Waals surface area contributed by atoms with Crippen LogP contribution in [0.15, 0.2) is 4.99 Å². The van der Waals surface area contributed by atoms with Crippen molar-refractivity contribution in [2.24, 2.45) is 21.6 Å². The first-order chi connectivity index (χ1) is 6.41. The number of hydrogen-bond donors (Lipinski definition) is 1. The van der Waals surface area contributed by atoms with E-state index in [-0.39, 0.29) is 16.9 Å². The summed E-state index contributed by atoms with van der Waals surface area (Å²) in [5, 5.41) is 0. The maximum atomic E-state index is 10.3. The topological polar surface area (TPSA) is 55.5 Å².